The summed E-state index contributed by atoms with van der Waals surface area (Å²) >= 11 is 0. The molecule has 0 bridgehead atoms. The predicted molar refractivity (Wildman–Crippen MR) is 90.6 cm³/mol. The van der Waals surface area contributed by atoms with Gasteiger partial charge < -0.3 is 14.3 Å². The van der Waals surface area contributed by atoms with Gasteiger partial charge in [0.2, 0.25) is 11.8 Å². The van der Waals surface area contributed by atoms with E-state index in [1.54, 1.807) is 12.5 Å². The molecule has 3 heterocycles. The van der Waals surface area contributed by atoms with E-state index in [1.165, 1.54) is 0 Å². The smallest absolute Gasteiger partial charge is 0.230 e. The molecule has 130 valence electrons. The van der Waals surface area contributed by atoms with Gasteiger partial charge in [-0.25, -0.2) is 9.97 Å². The zero-order chi connectivity index (χ0) is 17.3. The molecule has 0 aliphatic carbocycles. The summed E-state index contributed by atoms with van der Waals surface area (Å²) in [4.78, 5) is 26.7. The Morgan fingerprint density at radius 3 is 2.88 bits per heavy atom. The predicted octanol–water partition coefficient (Wildman–Crippen LogP) is 3.16. The second-order valence-electron chi connectivity index (χ2n) is 7.45. The van der Waals surface area contributed by atoms with E-state index in [2.05, 4.69) is 42.6 Å². The van der Waals surface area contributed by atoms with Crippen LogP contribution in [0, 0.1) is 0 Å². The Balaban J connectivity index is 1.72. The molecule has 2 aromatic rings. The average Bonchev–Trinajstić information content (AvgIpc) is 3.25. The Bertz CT molecular complexity index is 711. The number of amides is 1. The van der Waals surface area contributed by atoms with Gasteiger partial charge in [-0.1, -0.05) is 27.7 Å². The number of hydrogen-bond donors (Lipinski definition) is 1. The van der Waals surface area contributed by atoms with Crippen LogP contribution >= 0.6 is 0 Å². The highest BCUT2D eigenvalue weighted by molar-refractivity contribution is 5.78. The van der Waals surface area contributed by atoms with Gasteiger partial charge in [-0.2, -0.15) is 0 Å². The lowest BCUT2D eigenvalue weighted by molar-refractivity contribution is -0.131. The summed E-state index contributed by atoms with van der Waals surface area (Å²) < 4.78 is 5.70. The van der Waals surface area contributed by atoms with E-state index < -0.39 is 0 Å². The van der Waals surface area contributed by atoms with Crippen LogP contribution < -0.4 is 0 Å². The zero-order valence-electron chi connectivity index (χ0n) is 14.9. The number of rotatable bonds is 4. The van der Waals surface area contributed by atoms with Crippen molar-refractivity contribution >= 4 is 5.91 Å². The van der Waals surface area contributed by atoms with Crippen molar-refractivity contribution in [2.24, 2.45) is 0 Å². The van der Waals surface area contributed by atoms with Crippen molar-refractivity contribution < 1.29 is 9.21 Å². The monoisotopic (exact) mass is 330 g/mol. The van der Waals surface area contributed by atoms with E-state index in [0.29, 0.717) is 12.3 Å². The largest absolute Gasteiger partial charge is 0.446 e. The second kappa shape index (κ2) is 6.42. The van der Waals surface area contributed by atoms with E-state index in [9.17, 15) is 4.79 Å². The topological polar surface area (TPSA) is 75.0 Å². The maximum Gasteiger partial charge on any atom is 0.230 e. The molecule has 6 heteroatoms. The molecule has 0 saturated carbocycles. The fourth-order valence-electron chi connectivity index (χ4n) is 3.03. The Morgan fingerprint density at radius 1 is 1.46 bits per heavy atom. The van der Waals surface area contributed by atoms with Crippen LogP contribution in [-0.2, 0) is 23.1 Å². The van der Waals surface area contributed by atoms with E-state index in [0.717, 1.165) is 43.0 Å². The lowest BCUT2D eigenvalue weighted by atomic mass is 9.93. The maximum atomic E-state index is 12.7. The first kappa shape index (κ1) is 16.7. The Kier molecular flexibility index (Phi) is 4.47. The quantitative estimate of drug-likeness (QED) is 0.934. The van der Waals surface area contributed by atoms with E-state index in [4.69, 9.17) is 4.42 Å². The maximum absolute atomic E-state index is 12.7. The number of oxazole rings is 1. The van der Waals surface area contributed by atoms with Gasteiger partial charge in [-0.05, 0) is 19.3 Å². The summed E-state index contributed by atoms with van der Waals surface area (Å²) in [5, 5.41) is 0. The number of likely N-dealkylation sites (tertiary alicyclic amines) is 1. The number of H-pyrrole nitrogens is 1. The van der Waals surface area contributed by atoms with Crippen LogP contribution in [0.3, 0.4) is 0 Å². The Labute approximate surface area is 142 Å². The van der Waals surface area contributed by atoms with Gasteiger partial charge in [-0.3, -0.25) is 4.79 Å². The van der Waals surface area contributed by atoms with Crippen LogP contribution in [0.15, 0.2) is 16.9 Å². The molecular formula is C18H26N4O2. The lowest BCUT2D eigenvalue weighted by Gasteiger charge is -2.22. The van der Waals surface area contributed by atoms with Crippen LogP contribution in [0.4, 0.5) is 0 Å². The number of hydrogen-bond acceptors (Lipinski definition) is 4. The summed E-state index contributed by atoms with van der Waals surface area (Å²) in [7, 11) is 0. The first-order chi connectivity index (χ1) is 11.4. The van der Waals surface area contributed by atoms with E-state index >= 15 is 0 Å². The van der Waals surface area contributed by atoms with Crippen molar-refractivity contribution in [1.29, 1.82) is 0 Å². The molecule has 6 nitrogen and oxygen atoms in total. The average molecular weight is 330 g/mol. The normalized spacial score (nSPS) is 18.3. The highest BCUT2D eigenvalue weighted by Gasteiger charge is 2.34. The lowest BCUT2D eigenvalue weighted by Crippen LogP contribution is -2.32. The van der Waals surface area contributed by atoms with Crippen molar-refractivity contribution in [3.05, 3.63) is 35.6 Å². The number of imidazole rings is 1. The van der Waals surface area contributed by atoms with Gasteiger partial charge in [-0.15, -0.1) is 0 Å². The number of aromatic amines is 1. The molecule has 24 heavy (non-hydrogen) atoms. The highest BCUT2D eigenvalue weighted by Crippen LogP contribution is 2.33. The van der Waals surface area contributed by atoms with Crippen molar-refractivity contribution in [3.63, 3.8) is 0 Å². The highest BCUT2D eigenvalue weighted by atomic mass is 16.3. The molecule has 1 aliphatic heterocycles. The standard InChI is InChI=1S/C18H26N4O2/c1-5-12-10-19-15(20-12)9-16(23)22-8-6-7-13(22)17-21-14(11-24-17)18(2,3)4/h10-11,13H,5-9H2,1-4H3,(H,19,20)/t13-/m1/s1. The minimum atomic E-state index is -0.0609. The van der Waals surface area contributed by atoms with Crippen LogP contribution in [-0.4, -0.2) is 32.3 Å². The molecular weight excluding hydrogens is 304 g/mol. The molecule has 0 spiro atoms. The number of carbonyl (C=O) groups excluding carboxylic acids is 1. The Morgan fingerprint density at radius 2 is 2.25 bits per heavy atom. The molecule has 1 saturated heterocycles. The summed E-state index contributed by atoms with van der Waals surface area (Å²) in [6, 6.07) is -0.0609. The van der Waals surface area contributed by atoms with Gasteiger partial charge in [0.1, 0.15) is 18.1 Å². The summed E-state index contributed by atoms with van der Waals surface area (Å²) in [6.45, 7) is 9.13. The summed E-state index contributed by atoms with van der Waals surface area (Å²) in [5.41, 5.74) is 1.92. The van der Waals surface area contributed by atoms with Gasteiger partial charge in [0.25, 0.3) is 0 Å². The minimum absolute atomic E-state index is 0.0556. The molecule has 1 aliphatic rings. The summed E-state index contributed by atoms with van der Waals surface area (Å²) in [5.74, 6) is 1.45. The number of nitrogens with one attached hydrogen (secondary N) is 1. The molecule has 0 radical (unpaired) electrons. The number of nitrogens with zero attached hydrogens (tertiary/aromatic N) is 3. The molecule has 1 atom stereocenters. The zero-order valence-corrected chi connectivity index (χ0v) is 14.9. The van der Waals surface area contributed by atoms with E-state index in [-0.39, 0.29) is 17.4 Å². The first-order valence-corrected chi connectivity index (χ1v) is 8.66. The fourth-order valence-corrected chi connectivity index (χ4v) is 3.03. The number of aromatic nitrogens is 3. The van der Waals surface area contributed by atoms with Crippen molar-refractivity contribution in [3.8, 4) is 0 Å². The molecule has 0 unspecified atom stereocenters. The minimum Gasteiger partial charge on any atom is -0.446 e. The molecule has 3 rings (SSSR count). The van der Waals surface area contributed by atoms with Crippen LogP contribution in [0.25, 0.3) is 0 Å². The summed E-state index contributed by atoms with van der Waals surface area (Å²) in [6.07, 6.45) is 6.57. The SMILES string of the molecule is CCc1cnc(CC(=O)N2CCC[C@@H]2c2nc(C(C)(C)C)co2)[nH]1. The van der Waals surface area contributed by atoms with Gasteiger partial charge in [0, 0.05) is 23.9 Å². The molecule has 1 amide bonds. The fraction of sp³-hybridized carbons (Fsp3) is 0.611. The van der Waals surface area contributed by atoms with Gasteiger partial charge >= 0.3 is 0 Å². The molecule has 0 aromatic carbocycles. The molecule has 1 fully saturated rings. The van der Waals surface area contributed by atoms with Gasteiger partial charge in [0.15, 0.2) is 0 Å². The van der Waals surface area contributed by atoms with Crippen molar-refractivity contribution in [2.45, 2.75) is 64.8 Å². The van der Waals surface area contributed by atoms with Crippen LogP contribution in [0.1, 0.15) is 69.7 Å². The third-order valence-corrected chi connectivity index (χ3v) is 4.53. The second-order valence-corrected chi connectivity index (χ2v) is 7.45. The van der Waals surface area contributed by atoms with Crippen molar-refractivity contribution in [2.75, 3.05) is 6.54 Å². The van der Waals surface area contributed by atoms with Gasteiger partial charge in [0.05, 0.1) is 12.1 Å². The van der Waals surface area contributed by atoms with Crippen LogP contribution in [0.5, 0.6) is 0 Å². The Hall–Kier alpha value is -2.11. The van der Waals surface area contributed by atoms with E-state index in [1.807, 2.05) is 4.90 Å². The first-order valence-electron chi connectivity index (χ1n) is 8.66. The third-order valence-electron chi connectivity index (χ3n) is 4.53. The molecule has 2 aromatic heterocycles. The number of carbonyl (C=O) groups is 1. The van der Waals surface area contributed by atoms with Crippen LogP contribution in [0.2, 0.25) is 0 Å². The molecule has 1 N–H and O–H groups in total. The number of aryl methyl sites for hydroxylation is 1. The third kappa shape index (κ3) is 3.37. The van der Waals surface area contributed by atoms with Crippen molar-refractivity contribution in [1.82, 2.24) is 19.9 Å².